The van der Waals surface area contributed by atoms with Crippen molar-refractivity contribution in [1.29, 1.82) is 0 Å². The first-order chi connectivity index (χ1) is 12.7. The van der Waals surface area contributed by atoms with E-state index < -0.39 is 5.97 Å². The highest BCUT2D eigenvalue weighted by Gasteiger charge is 1.96. The number of benzene rings is 2. The van der Waals surface area contributed by atoms with Gasteiger partial charge in [-0.15, -0.1) is 0 Å². The molecule has 0 aliphatic heterocycles. The van der Waals surface area contributed by atoms with E-state index in [1.807, 2.05) is 42.5 Å². The number of aliphatic carboxylic acids is 1. The Labute approximate surface area is 155 Å². The highest BCUT2D eigenvalue weighted by Crippen LogP contribution is 2.14. The Hall–Kier alpha value is -2.59. The van der Waals surface area contributed by atoms with E-state index >= 15 is 0 Å². The number of carboxylic acids is 1. The lowest BCUT2D eigenvalue weighted by molar-refractivity contribution is -0.136. The SMILES string of the molecule is O=C(O)CCNC/C=C/c1ccc(OCCCCc2ccccc2)cc1. The van der Waals surface area contributed by atoms with Crippen LogP contribution >= 0.6 is 0 Å². The first-order valence-electron chi connectivity index (χ1n) is 9.10. The first kappa shape index (κ1) is 19.7. The normalized spacial score (nSPS) is 10.9. The minimum absolute atomic E-state index is 0.144. The maximum absolute atomic E-state index is 10.4. The van der Waals surface area contributed by atoms with Crippen LogP contribution in [0, 0.1) is 0 Å². The van der Waals surface area contributed by atoms with Crippen molar-refractivity contribution in [3.05, 3.63) is 71.8 Å². The summed E-state index contributed by atoms with van der Waals surface area (Å²) < 4.78 is 5.79. The van der Waals surface area contributed by atoms with Crippen molar-refractivity contribution in [2.24, 2.45) is 0 Å². The molecule has 0 heterocycles. The Balaban J connectivity index is 1.59. The van der Waals surface area contributed by atoms with E-state index in [-0.39, 0.29) is 6.42 Å². The third-order valence-corrected chi connectivity index (χ3v) is 3.94. The van der Waals surface area contributed by atoms with Crippen molar-refractivity contribution in [3.8, 4) is 5.75 Å². The molecule has 0 fully saturated rings. The standard InChI is InChI=1S/C22H27NO3/c24-22(25)15-17-23-16-6-10-20-11-13-21(14-12-20)26-18-5-4-9-19-7-2-1-3-8-19/h1-3,6-8,10-14,23H,4-5,9,15-18H2,(H,24,25)/b10-6+. The molecule has 2 aromatic carbocycles. The molecule has 0 aromatic heterocycles. The number of carbonyl (C=O) groups is 1. The van der Waals surface area contributed by atoms with Gasteiger partial charge in [0.1, 0.15) is 5.75 Å². The summed E-state index contributed by atoms with van der Waals surface area (Å²) in [6.07, 6.45) is 7.40. The van der Waals surface area contributed by atoms with Crippen LogP contribution in [0.2, 0.25) is 0 Å². The molecule has 0 aliphatic carbocycles. The van der Waals surface area contributed by atoms with Gasteiger partial charge in [0.25, 0.3) is 0 Å². The number of hydrogen-bond acceptors (Lipinski definition) is 3. The Morgan fingerprint density at radius 3 is 2.54 bits per heavy atom. The van der Waals surface area contributed by atoms with Gasteiger partial charge in [0.05, 0.1) is 13.0 Å². The Morgan fingerprint density at radius 2 is 1.81 bits per heavy atom. The van der Waals surface area contributed by atoms with Crippen LogP contribution in [-0.4, -0.2) is 30.8 Å². The van der Waals surface area contributed by atoms with Gasteiger partial charge in [-0.05, 0) is 42.5 Å². The third kappa shape index (κ3) is 8.49. The van der Waals surface area contributed by atoms with Gasteiger partial charge in [-0.1, -0.05) is 54.6 Å². The van der Waals surface area contributed by atoms with Crippen LogP contribution in [0.15, 0.2) is 60.7 Å². The molecule has 0 saturated heterocycles. The topological polar surface area (TPSA) is 58.6 Å². The zero-order chi connectivity index (χ0) is 18.5. The summed E-state index contributed by atoms with van der Waals surface area (Å²) in [4.78, 5) is 10.4. The van der Waals surface area contributed by atoms with Crippen molar-refractivity contribution in [3.63, 3.8) is 0 Å². The lowest BCUT2D eigenvalue weighted by atomic mass is 10.1. The van der Waals surface area contributed by atoms with Crippen LogP contribution in [0.1, 0.15) is 30.4 Å². The lowest BCUT2D eigenvalue weighted by Crippen LogP contribution is -2.17. The molecule has 4 nitrogen and oxygen atoms in total. The molecule has 26 heavy (non-hydrogen) atoms. The van der Waals surface area contributed by atoms with Crippen molar-refractivity contribution in [2.75, 3.05) is 19.7 Å². The smallest absolute Gasteiger partial charge is 0.304 e. The highest BCUT2D eigenvalue weighted by molar-refractivity contribution is 5.66. The molecule has 138 valence electrons. The zero-order valence-corrected chi connectivity index (χ0v) is 15.1. The second-order valence-electron chi connectivity index (χ2n) is 6.11. The van der Waals surface area contributed by atoms with Gasteiger partial charge >= 0.3 is 5.97 Å². The second-order valence-corrected chi connectivity index (χ2v) is 6.11. The molecule has 0 spiro atoms. The molecule has 0 unspecified atom stereocenters. The summed E-state index contributed by atoms with van der Waals surface area (Å²) in [5, 5.41) is 11.6. The summed E-state index contributed by atoms with van der Waals surface area (Å²) in [7, 11) is 0. The Morgan fingerprint density at radius 1 is 1.04 bits per heavy atom. The first-order valence-corrected chi connectivity index (χ1v) is 9.10. The molecule has 0 amide bonds. The van der Waals surface area contributed by atoms with Crippen molar-refractivity contribution in [2.45, 2.75) is 25.7 Å². The average molecular weight is 353 g/mol. The van der Waals surface area contributed by atoms with Gasteiger partial charge in [0.2, 0.25) is 0 Å². The van der Waals surface area contributed by atoms with Crippen LogP contribution in [0.5, 0.6) is 5.75 Å². The van der Waals surface area contributed by atoms with E-state index in [1.165, 1.54) is 5.56 Å². The fourth-order valence-electron chi connectivity index (χ4n) is 2.52. The number of nitrogens with one attached hydrogen (secondary N) is 1. The van der Waals surface area contributed by atoms with Crippen LogP contribution < -0.4 is 10.1 Å². The molecule has 2 aromatic rings. The number of carboxylic acid groups (broad SMARTS) is 1. The number of aryl methyl sites for hydroxylation is 1. The van der Waals surface area contributed by atoms with Gasteiger partial charge < -0.3 is 15.2 Å². The van der Waals surface area contributed by atoms with E-state index in [0.29, 0.717) is 13.1 Å². The van der Waals surface area contributed by atoms with Crippen LogP contribution in [-0.2, 0) is 11.2 Å². The molecule has 0 aliphatic rings. The minimum atomic E-state index is -0.780. The molecule has 0 saturated carbocycles. The predicted octanol–water partition coefficient (Wildman–Crippen LogP) is 4.17. The lowest BCUT2D eigenvalue weighted by Gasteiger charge is -2.06. The Kier molecular flexibility index (Phi) is 9.01. The fraction of sp³-hybridized carbons (Fsp3) is 0.318. The summed E-state index contributed by atoms with van der Waals surface area (Å²) in [5.74, 6) is 0.110. The van der Waals surface area contributed by atoms with E-state index in [0.717, 1.165) is 37.2 Å². The summed E-state index contributed by atoms with van der Waals surface area (Å²) in [6.45, 7) is 1.87. The Bertz CT molecular complexity index is 666. The van der Waals surface area contributed by atoms with Crippen molar-refractivity contribution >= 4 is 12.0 Å². The van der Waals surface area contributed by atoms with Crippen LogP contribution in [0.3, 0.4) is 0 Å². The highest BCUT2D eigenvalue weighted by atomic mass is 16.5. The molecular weight excluding hydrogens is 326 g/mol. The molecule has 0 bridgehead atoms. The van der Waals surface area contributed by atoms with Gasteiger partial charge in [-0.25, -0.2) is 0 Å². The van der Waals surface area contributed by atoms with E-state index in [9.17, 15) is 4.79 Å². The maximum atomic E-state index is 10.4. The predicted molar refractivity (Wildman–Crippen MR) is 105 cm³/mol. The number of ether oxygens (including phenoxy) is 1. The van der Waals surface area contributed by atoms with Gasteiger partial charge in [-0.2, -0.15) is 0 Å². The largest absolute Gasteiger partial charge is 0.494 e. The molecule has 4 heteroatoms. The van der Waals surface area contributed by atoms with Crippen molar-refractivity contribution in [1.82, 2.24) is 5.32 Å². The van der Waals surface area contributed by atoms with Crippen LogP contribution in [0.4, 0.5) is 0 Å². The monoisotopic (exact) mass is 353 g/mol. The summed E-state index contributed by atoms with van der Waals surface area (Å²) in [6, 6.07) is 18.5. The quantitative estimate of drug-likeness (QED) is 0.562. The maximum Gasteiger partial charge on any atom is 0.304 e. The molecule has 0 radical (unpaired) electrons. The number of unbranched alkanes of at least 4 members (excludes halogenated alkanes) is 1. The molecule has 2 N–H and O–H groups in total. The zero-order valence-electron chi connectivity index (χ0n) is 15.1. The average Bonchev–Trinajstić information content (AvgIpc) is 2.66. The summed E-state index contributed by atoms with van der Waals surface area (Å²) >= 11 is 0. The third-order valence-electron chi connectivity index (χ3n) is 3.94. The molecule has 0 atom stereocenters. The molecular formula is C22H27NO3. The van der Waals surface area contributed by atoms with Crippen molar-refractivity contribution < 1.29 is 14.6 Å². The second kappa shape index (κ2) is 11.9. The van der Waals surface area contributed by atoms with Gasteiger partial charge in [0.15, 0.2) is 0 Å². The van der Waals surface area contributed by atoms with Gasteiger partial charge in [-0.3, -0.25) is 4.79 Å². The number of rotatable bonds is 12. The number of hydrogen-bond donors (Lipinski definition) is 2. The fourth-order valence-corrected chi connectivity index (χ4v) is 2.52. The van der Waals surface area contributed by atoms with E-state index in [4.69, 9.17) is 9.84 Å². The van der Waals surface area contributed by atoms with E-state index in [1.54, 1.807) is 0 Å². The molecule has 2 rings (SSSR count). The summed E-state index contributed by atoms with van der Waals surface area (Å²) in [5.41, 5.74) is 2.47. The van der Waals surface area contributed by atoms with Crippen LogP contribution in [0.25, 0.3) is 6.08 Å². The van der Waals surface area contributed by atoms with Gasteiger partial charge in [0, 0.05) is 13.1 Å². The minimum Gasteiger partial charge on any atom is -0.494 e. The van der Waals surface area contributed by atoms with E-state index in [2.05, 4.69) is 29.6 Å².